The lowest BCUT2D eigenvalue weighted by atomic mass is 10.2. The molecule has 3 heterocycles. The van der Waals surface area contributed by atoms with Gasteiger partial charge in [0.25, 0.3) is 5.91 Å². The molecule has 148 valence electrons. The Morgan fingerprint density at radius 1 is 1.21 bits per heavy atom. The molecule has 0 spiro atoms. The summed E-state index contributed by atoms with van der Waals surface area (Å²) in [7, 11) is 0. The molecular weight excluding hydrogens is 412 g/mol. The number of carbonyl (C=O) groups is 2. The van der Waals surface area contributed by atoms with E-state index in [2.05, 4.69) is 25.6 Å². The average Bonchev–Trinajstić information content (AvgIpc) is 3.15. The highest BCUT2D eigenvalue weighted by molar-refractivity contribution is 7.15. The van der Waals surface area contributed by atoms with Crippen LogP contribution in [0.15, 0.2) is 42.9 Å². The Kier molecular flexibility index (Phi) is 5.68. The van der Waals surface area contributed by atoms with Gasteiger partial charge in [-0.2, -0.15) is 0 Å². The molecule has 0 saturated heterocycles. The molecule has 3 amide bonds. The first-order chi connectivity index (χ1) is 14.1. The Bertz CT molecular complexity index is 1020. The van der Waals surface area contributed by atoms with Gasteiger partial charge in [0.1, 0.15) is 5.69 Å². The second-order valence-electron chi connectivity index (χ2n) is 6.39. The summed E-state index contributed by atoms with van der Waals surface area (Å²) in [5, 5.41) is 6.83. The van der Waals surface area contributed by atoms with E-state index in [0.717, 1.165) is 16.1 Å². The monoisotopic (exact) mass is 428 g/mol. The molecule has 0 atom stereocenters. The molecular formula is C19H17ClN6O2S. The number of hydrogen-bond acceptors (Lipinski definition) is 6. The molecule has 8 nitrogen and oxygen atoms in total. The van der Waals surface area contributed by atoms with Crippen molar-refractivity contribution in [2.75, 3.05) is 11.9 Å². The van der Waals surface area contributed by atoms with E-state index in [4.69, 9.17) is 11.6 Å². The number of amides is 3. The molecule has 2 aromatic heterocycles. The van der Waals surface area contributed by atoms with Crippen LogP contribution in [-0.4, -0.2) is 38.3 Å². The molecule has 0 fully saturated rings. The zero-order valence-electron chi connectivity index (χ0n) is 15.3. The fraction of sp³-hybridized carbons (Fsp3) is 0.211. The van der Waals surface area contributed by atoms with Gasteiger partial charge in [0.15, 0.2) is 5.13 Å². The van der Waals surface area contributed by atoms with Crippen LogP contribution in [0, 0.1) is 0 Å². The minimum Gasteiger partial charge on any atom is -0.334 e. The molecule has 1 aromatic carbocycles. The van der Waals surface area contributed by atoms with E-state index in [9.17, 15) is 9.59 Å². The highest BCUT2D eigenvalue weighted by atomic mass is 35.5. The first-order valence-corrected chi connectivity index (χ1v) is 10.1. The van der Waals surface area contributed by atoms with Crippen molar-refractivity contribution in [2.45, 2.75) is 19.5 Å². The van der Waals surface area contributed by atoms with E-state index >= 15 is 0 Å². The largest absolute Gasteiger partial charge is 0.334 e. The van der Waals surface area contributed by atoms with E-state index in [1.165, 1.54) is 29.9 Å². The van der Waals surface area contributed by atoms with Crippen molar-refractivity contribution in [1.82, 2.24) is 25.2 Å². The number of rotatable bonds is 4. The van der Waals surface area contributed by atoms with Crippen molar-refractivity contribution in [3.63, 3.8) is 0 Å². The smallest absolute Gasteiger partial charge is 0.318 e. The lowest BCUT2D eigenvalue weighted by Gasteiger charge is -2.26. The van der Waals surface area contributed by atoms with Crippen LogP contribution >= 0.6 is 22.9 Å². The number of aromatic nitrogens is 3. The molecule has 0 radical (unpaired) electrons. The summed E-state index contributed by atoms with van der Waals surface area (Å²) in [4.78, 5) is 39.8. The highest BCUT2D eigenvalue weighted by Gasteiger charge is 2.24. The number of fused-ring (bicyclic) bond motifs is 1. The van der Waals surface area contributed by atoms with Gasteiger partial charge in [-0.1, -0.05) is 35.1 Å². The number of nitrogens with one attached hydrogen (secondary N) is 2. The van der Waals surface area contributed by atoms with E-state index in [1.807, 2.05) is 12.1 Å². The van der Waals surface area contributed by atoms with Gasteiger partial charge in [-0.3, -0.25) is 15.1 Å². The molecule has 3 aromatic rings. The third-order valence-corrected chi connectivity index (χ3v) is 5.64. The fourth-order valence-electron chi connectivity index (χ4n) is 2.89. The first-order valence-electron chi connectivity index (χ1n) is 8.91. The van der Waals surface area contributed by atoms with Gasteiger partial charge in [-0.15, -0.1) is 0 Å². The van der Waals surface area contributed by atoms with Crippen molar-refractivity contribution < 1.29 is 9.59 Å². The van der Waals surface area contributed by atoms with Gasteiger partial charge in [0, 0.05) is 41.8 Å². The Hall–Kier alpha value is -3.04. The second-order valence-corrected chi connectivity index (χ2v) is 7.91. The van der Waals surface area contributed by atoms with Gasteiger partial charge in [-0.25, -0.2) is 14.8 Å². The van der Waals surface area contributed by atoms with Crippen molar-refractivity contribution in [3.05, 3.63) is 69.7 Å². The second kappa shape index (κ2) is 8.54. The van der Waals surface area contributed by atoms with E-state index < -0.39 is 0 Å². The number of nitrogens with zero attached hydrogens (tertiary/aromatic N) is 4. The highest BCUT2D eigenvalue weighted by Crippen LogP contribution is 2.28. The Morgan fingerprint density at radius 3 is 2.79 bits per heavy atom. The molecule has 1 aliphatic rings. The summed E-state index contributed by atoms with van der Waals surface area (Å²) in [6, 6.07) is 7.22. The number of thiazole rings is 1. The molecule has 0 bridgehead atoms. The fourth-order valence-corrected chi connectivity index (χ4v) is 4.04. The van der Waals surface area contributed by atoms with Crippen LogP contribution in [0.25, 0.3) is 0 Å². The SMILES string of the molecule is O=C(Nc1nc2c(s1)CN(C(=O)NCc1ccc(Cl)cc1)CC2)c1cnccn1. The Labute approximate surface area is 176 Å². The molecule has 29 heavy (non-hydrogen) atoms. The lowest BCUT2D eigenvalue weighted by Crippen LogP contribution is -2.42. The molecule has 2 N–H and O–H groups in total. The molecule has 4 rings (SSSR count). The molecule has 1 aliphatic heterocycles. The number of halogens is 1. The molecule has 0 saturated carbocycles. The van der Waals surface area contributed by atoms with Gasteiger partial charge in [0.2, 0.25) is 0 Å². The summed E-state index contributed by atoms with van der Waals surface area (Å²) in [5.41, 5.74) is 2.11. The quantitative estimate of drug-likeness (QED) is 0.665. The summed E-state index contributed by atoms with van der Waals surface area (Å²) in [5.74, 6) is -0.359. The van der Waals surface area contributed by atoms with Crippen LogP contribution in [0.1, 0.15) is 26.6 Å². The number of carbonyl (C=O) groups excluding carboxylic acids is 2. The van der Waals surface area contributed by atoms with Crippen LogP contribution in [0.3, 0.4) is 0 Å². The van der Waals surface area contributed by atoms with Crippen molar-refractivity contribution in [3.8, 4) is 0 Å². The Balaban J connectivity index is 1.35. The van der Waals surface area contributed by atoms with Gasteiger partial charge < -0.3 is 10.2 Å². The molecule has 0 unspecified atom stereocenters. The third-order valence-electron chi connectivity index (χ3n) is 4.39. The van der Waals surface area contributed by atoms with E-state index in [1.54, 1.807) is 17.0 Å². The van der Waals surface area contributed by atoms with E-state index in [-0.39, 0.29) is 17.6 Å². The molecule has 10 heteroatoms. The first kappa shape index (κ1) is 19.3. The lowest BCUT2D eigenvalue weighted by molar-refractivity contribution is 0.102. The summed E-state index contributed by atoms with van der Waals surface area (Å²) in [6.45, 7) is 1.46. The van der Waals surface area contributed by atoms with Crippen LogP contribution in [-0.2, 0) is 19.5 Å². The zero-order valence-corrected chi connectivity index (χ0v) is 16.8. The number of hydrogen-bond donors (Lipinski definition) is 2. The number of anilines is 1. The topological polar surface area (TPSA) is 100 Å². The van der Waals surface area contributed by atoms with Gasteiger partial charge in [0.05, 0.1) is 18.4 Å². The van der Waals surface area contributed by atoms with Gasteiger partial charge in [-0.05, 0) is 17.7 Å². The molecule has 0 aliphatic carbocycles. The zero-order chi connectivity index (χ0) is 20.2. The summed E-state index contributed by atoms with van der Waals surface area (Å²) in [6.07, 6.45) is 5.00. The van der Waals surface area contributed by atoms with Crippen LogP contribution in [0.4, 0.5) is 9.93 Å². The minimum absolute atomic E-state index is 0.135. The van der Waals surface area contributed by atoms with Crippen LogP contribution in [0.5, 0.6) is 0 Å². The van der Waals surface area contributed by atoms with Crippen molar-refractivity contribution in [2.24, 2.45) is 0 Å². The van der Waals surface area contributed by atoms with Crippen molar-refractivity contribution >= 4 is 40.0 Å². The third kappa shape index (κ3) is 4.69. The summed E-state index contributed by atoms with van der Waals surface area (Å²) < 4.78 is 0. The number of benzene rings is 1. The predicted octanol–water partition coefficient (Wildman–Crippen LogP) is 3.11. The van der Waals surface area contributed by atoms with Crippen molar-refractivity contribution in [1.29, 1.82) is 0 Å². The maximum absolute atomic E-state index is 12.5. The maximum Gasteiger partial charge on any atom is 0.318 e. The normalized spacial score (nSPS) is 12.9. The Morgan fingerprint density at radius 2 is 2.03 bits per heavy atom. The average molecular weight is 429 g/mol. The maximum atomic E-state index is 12.5. The van der Waals surface area contributed by atoms with Crippen LogP contribution in [0.2, 0.25) is 5.02 Å². The predicted molar refractivity (Wildman–Crippen MR) is 110 cm³/mol. The number of urea groups is 1. The standard InChI is InChI=1S/C19H17ClN6O2S/c20-13-3-1-12(2-4-13)9-23-19(28)26-8-5-14-16(11-26)29-18(24-14)25-17(27)15-10-21-6-7-22-15/h1-4,6-7,10H,5,8-9,11H2,(H,23,28)(H,24,25,27). The van der Waals surface area contributed by atoms with Crippen LogP contribution < -0.4 is 10.6 Å². The van der Waals surface area contributed by atoms with E-state index in [0.29, 0.717) is 36.2 Å². The summed E-state index contributed by atoms with van der Waals surface area (Å²) >= 11 is 7.25. The minimum atomic E-state index is -0.359. The van der Waals surface area contributed by atoms with Gasteiger partial charge >= 0.3 is 6.03 Å².